The molecule has 3 aromatic rings. The van der Waals surface area contributed by atoms with E-state index in [-0.39, 0.29) is 5.91 Å². The minimum absolute atomic E-state index is 0.292. The second kappa shape index (κ2) is 7.92. The molecule has 1 aromatic carbocycles. The normalized spacial score (nSPS) is 10.3. The van der Waals surface area contributed by atoms with Crippen molar-refractivity contribution in [2.24, 2.45) is 0 Å². The predicted molar refractivity (Wildman–Crippen MR) is 101 cm³/mol. The Kier molecular flexibility index (Phi) is 5.42. The van der Waals surface area contributed by atoms with Crippen LogP contribution in [-0.2, 0) is 4.74 Å². The number of esters is 1. The Bertz CT molecular complexity index is 1010. The molecule has 0 fully saturated rings. The summed E-state index contributed by atoms with van der Waals surface area (Å²) in [5.41, 5.74) is 2.61. The molecule has 0 aliphatic heterocycles. The quantitative estimate of drug-likeness (QED) is 0.693. The number of carbonyl (C=O) groups is 2. The molecule has 0 bridgehead atoms. The highest BCUT2D eigenvalue weighted by molar-refractivity contribution is 6.33. The second-order valence-electron chi connectivity index (χ2n) is 5.62. The number of rotatable bonds is 4. The van der Waals surface area contributed by atoms with Gasteiger partial charge in [0.1, 0.15) is 0 Å². The third kappa shape index (κ3) is 4.09. The van der Waals surface area contributed by atoms with Gasteiger partial charge in [-0.3, -0.25) is 14.8 Å². The Morgan fingerprint density at radius 2 is 1.93 bits per heavy atom. The molecule has 2 aromatic heterocycles. The van der Waals surface area contributed by atoms with E-state index in [2.05, 4.69) is 20.3 Å². The molecule has 3 rings (SSSR count). The van der Waals surface area contributed by atoms with Gasteiger partial charge in [0.05, 0.1) is 35.8 Å². The first kappa shape index (κ1) is 18.5. The summed E-state index contributed by atoms with van der Waals surface area (Å²) in [5, 5.41) is 3.10. The molecule has 27 heavy (non-hydrogen) atoms. The Labute approximate surface area is 160 Å². The predicted octanol–water partition coefficient (Wildman–Crippen LogP) is 3.54. The lowest BCUT2D eigenvalue weighted by Gasteiger charge is -2.08. The van der Waals surface area contributed by atoms with Crippen LogP contribution in [-0.4, -0.2) is 33.9 Å². The Hall–Kier alpha value is -3.32. The smallest absolute Gasteiger partial charge is 0.337 e. The van der Waals surface area contributed by atoms with Crippen molar-refractivity contribution in [3.63, 3.8) is 0 Å². The van der Waals surface area contributed by atoms with Gasteiger partial charge >= 0.3 is 5.97 Å². The van der Waals surface area contributed by atoms with Gasteiger partial charge in [-0.25, -0.2) is 9.78 Å². The first-order chi connectivity index (χ1) is 13.0. The molecular formula is C19H15ClN4O3. The second-order valence-corrected chi connectivity index (χ2v) is 6.03. The van der Waals surface area contributed by atoms with Crippen LogP contribution in [0.5, 0.6) is 0 Å². The van der Waals surface area contributed by atoms with Crippen molar-refractivity contribution in [2.45, 2.75) is 6.92 Å². The van der Waals surface area contributed by atoms with E-state index in [4.69, 9.17) is 16.3 Å². The monoisotopic (exact) mass is 382 g/mol. The molecular weight excluding hydrogens is 368 g/mol. The average molecular weight is 383 g/mol. The van der Waals surface area contributed by atoms with Crippen molar-refractivity contribution >= 4 is 29.3 Å². The molecule has 2 heterocycles. The zero-order valence-corrected chi connectivity index (χ0v) is 15.3. The Morgan fingerprint density at radius 3 is 2.59 bits per heavy atom. The van der Waals surface area contributed by atoms with Gasteiger partial charge in [-0.15, -0.1) is 0 Å². The van der Waals surface area contributed by atoms with E-state index in [0.29, 0.717) is 33.2 Å². The summed E-state index contributed by atoms with van der Waals surface area (Å²) in [5.74, 6) is -0.486. The largest absolute Gasteiger partial charge is 0.465 e. The molecule has 0 unspecified atom stereocenters. The number of methoxy groups -OCH3 is 1. The molecule has 0 radical (unpaired) electrons. The first-order valence-corrected chi connectivity index (χ1v) is 8.29. The van der Waals surface area contributed by atoms with E-state index >= 15 is 0 Å². The Morgan fingerprint density at radius 1 is 1.11 bits per heavy atom. The van der Waals surface area contributed by atoms with E-state index in [1.165, 1.54) is 19.5 Å². The summed E-state index contributed by atoms with van der Waals surface area (Å²) >= 11 is 6.20. The number of aryl methyl sites for hydroxylation is 1. The molecule has 1 N–H and O–H groups in total. The summed E-state index contributed by atoms with van der Waals surface area (Å²) in [7, 11) is 1.30. The maximum atomic E-state index is 12.3. The summed E-state index contributed by atoms with van der Waals surface area (Å²) in [6.45, 7) is 1.80. The van der Waals surface area contributed by atoms with E-state index in [0.717, 1.165) is 5.56 Å². The van der Waals surface area contributed by atoms with Crippen molar-refractivity contribution in [2.75, 3.05) is 12.4 Å². The van der Waals surface area contributed by atoms with Gasteiger partial charge in [-0.2, -0.15) is 0 Å². The molecule has 0 saturated carbocycles. The van der Waals surface area contributed by atoms with Crippen molar-refractivity contribution in [1.29, 1.82) is 0 Å². The van der Waals surface area contributed by atoms with Gasteiger partial charge in [-0.05, 0) is 36.8 Å². The summed E-state index contributed by atoms with van der Waals surface area (Å²) in [6.07, 6.45) is 6.05. The number of benzene rings is 1. The highest BCUT2D eigenvalue weighted by Crippen LogP contribution is 2.27. The summed E-state index contributed by atoms with van der Waals surface area (Å²) < 4.78 is 4.71. The zero-order valence-electron chi connectivity index (χ0n) is 14.6. The van der Waals surface area contributed by atoms with Crippen LogP contribution in [0, 0.1) is 6.92 Å². The summed E-state index contributed by atoms with van der Waals surface area (Å²) in [6, 6.07) is 6.37. The molecule has 0 aliphatic carbocycles. The highest BCUT2D eigenvalue weighted by atomic mass is 35.5. The molecule has 0 spiro atoms. The average Bonchev–Trinajstić information content (AvgIpc) is 2.68. The third-order valence-corrected chi connectivity index (χ3v) is 4.15. The van der Waals surface area contributed by atoms with E-state index in [1.54, 1.807) is 43.6 Å². The number of anilines is 1. The van der Waals surface area contributed by atoms with Gasteiger partial charge in [0.15, 0.2) is 5.82 Å². The fourth-order valence-corrected chi connectivity index (χ4v) is 2.62. The number of aromatic nitrogens is 3. The lowest BCUT2D eigenvalue weighted by atomic mass is 10.1. The zero-order chi connectivity index (χ0) is 19.4. The molecule has 8 heteroatoms. The third-order valence-electron chi connectivity index (χ3n) is 3.82. The summed E-state index contributed by atoms with van der Waals surface area (Å²) in [4.78, 5) is 36.5. The van der Waals surface area contributed by atoms with Crippen LogP contribution >= 0.6 is 11.6 Å². The molecule has 0 aliphatic rings. The minimum Gasteiger partial charge on any atom is -0.465 e. The molecule has 7 nitrogen and oxygen atoms in total. The van der Waals surface area contributed by atoms with Gasteiger partial charge in [0.25, 0.3) is 5.91 Å². The van der Waals surface area contributed by atoms with E-state index in [9.17, 15) is 9.59 Å². The van der Waals surface area contributed by atoms with Gasteiger partial charge in [0, 0.05) is 23.5 Å². The van der Waals surface area contributed by atoms with Crippen LogP contribution in [0.15, 0.2) is 49.1 Å². The van der Waals surface area contributed by atoms with Crippen LogP contribution in [0.1, 0.15) is 26.3 Å². The fraction of sp³-hybridized carbons (Fsp3) is 0.105. The highest BCUT2D eigenvalue weighted by Gasteiger charge is 2.13. The SMILES string of the molecule is COC(=O)c1ccc(Cl)c(-c2cnc(NC(=O)c3ccncc3C)cn2)c1. The van der Waals surface area contributed by atoms with Crippen molar-refractivity contribution in [1.82, 2.24) is 15.0 Å². The number of ether oxygens (including phenoxy) is 1. The van der Waals surface area contributed by atoms with Crippen molar-refractivity contribution < 1.29 is 14.3 Å². The molecule has 1 amide bonds. The lowest BCUT2D eigenvalue weighted by Crippen LogP contribution is -2.14. The van der Waals surface area contributed by atoms with Crippen molar-refractivity contribution in [3.8, 4) is 11.3 Å². The Balaban J connectivity index is 1.83. The topological polar surface area (TPSA) is 94.1 Å². The first-order valence-electron chi connectivity index (χ1n) is 7.92. The number of hydrogen-bond acceptors (Lipinski definition) is 6. The van der Waals surface area contributed by atoms with Crippen LogP contribution in [0.25, 0.3) is 11.3 Å². The van der Waals surface area contributed by atoms with Crippen molar-refractivity contribution in [3.05, 3.63) is 70.8 Å². The number of pyridine rings is 1. The number of nitrogens with one attached hydrogen (secondary N) is 1. The van der Waals surface area contributed by atoms with E-state index < -0.39 is 5.97 Å². The van der Waals surface area contributed by atoms with Gasteiger partial charge in [-0.1, -0.05) is 11.6 Å². The lowest BCUT2D eigenvalue weighted by molar-refractivity contribution is 0.0600. The van der Waals surface area contributed by atoms with Gasteiger partial charge in [0.2, 0.25) is 0 Å². The fourth-order valence-electron chi connectivity index (χ4n) is 2.41. The number of amides is 1. The maximum absolute atomic E-state index is 12.3. The standard InChI is InChI=1S/C19H15ClN4O3/c1-11-8-21-6-5-13(11)18(25)24-17-10-22-16(9-23-17)14-7-12(19(26)27-2)3-4-15(14)20/h3-10H,1-2H3,(H,23,24,25). The molecule has 0 atom stereocenters. The maximum Gasteiger partial charge on any atom is 0.337 e. The number of carbonyl (C=O) groups excluding carboxylic acids is 2. The van der Waals surface area contributed by atoms with Crippen LogP contribution in [0.3, 0.4) is 0 Å². The number of hydrogen-bond donors (Lipinski definition) is 1. The number of halogens is 1. The van der Waals surface area contributed by atoms with Gasteiger partial charge < -0.3 is 10.1 Å². The van der Waals surface area contributed by atoms with Crippen LogP contribution < -0.4 is 5.32 Å². The molecule has 136 valence electrons. The molecule has 0 saturated heterocycles. The van der Waals surface area contributed by atoms with Crippen LogP contribution in [0.2, 0.25) is 5.02 Å². The van der Waals surface area contributed by atoms with E-state index in [1.807, 2.05) is 0 Å². The minimum atomic E-state index is -0.475. The van der Waals surface area contributed by atoms with Crippen LogP contribution in [0.4, 0.5) is 5.82 Å². The number of nitrogens with zero attached hydrogens (tertiary/aromatic N) is 3.